The van der Waals surface area contributed by atoms with Crippen LogP contribution in [0.1, 0.15) is 12.0 Å². The van der Waals surface area contributed by atoms with Gasteiger partial charge in [-0.15, -0.1) is 0 Å². The fraction of sp³-hybridized carbons (Fsp3) is 0.125. The first-order valence-corrected chi connectivity index (χ1v) is 6.03. The van der Waals surface area contributed by atoms with Gasteiger partial charge in [0.2, 0.25) is 5.91 Å². The van der Waals surface area contributed by atoms with E-state index in [0.717, 1.165) is 16.7 Å². The van der Waals surface area contributed by atoms with E-state index in [0.29, 0.717) is 5.69 Å². The van der Waals surface area contributed by atoms with Gasteiger partial charge in [-0.05, 0) is 35.7 Å². The zero-order valence-corrected chi connectivity index (χ0v) is 10.7. The lowest BCUT2D eigenvalue weighted by molar-refractivity contribution is -0.115. The van der Waals surface area contributed by atoms with Gasteiger partial charge in [-0.1, -0.05) is 36.4 Å². The molecule has 0 atom stereocenters. The van der Waals surface area contributed by atoms with Crippen molar-refractivity contribution >= 4 is 11.6 Å². The maximum Gasteiger partial charge on any atom is 0.238 e. The SMILES string of the molecule is Cc1ccc(NC(=O)CC#N)cc1-c1ccccc1. The van der Waals surface area contributed by atoms with Crippen LogP contribution in [0.15, 0.2) is 48.5 Å². The molecule has 2 aromatic carbocycles. The first-order valence-electron chi connectivity index (χ1n) is 6.03. The molecule has 3 heteroatoms. The molecule has 2 aromatic rings. The van der Waals surface area contributed by atoms with Crippen molar-refractivity contribution in [3.8, 4) is 17.2 Å². The van der Waals surface area contributed by atoms with Crippen LogP contribution in [0.5, 0.6) is 0 Å². The van der Waals surface area contributed by atoms with Crippen LogP contribution in [-0.4, -0.2) is 5.91 Å². The highest BCUT2D eigenvalue weighted by molar-refractivity contribution is 5.92. The number of carbonyl (C=O) groups is 1. The molecule has 0 spiro atoms. The van der Waals surface area contributed by atoms with E-state index in [-0.39, 0.29) is 12.3 Å². The topological polar surface area (TPSA) is 52.9 Å². The van der Waals surface area contributed by atoms with Gasteiger partial charge in [0.25, 0.3) is 0 Å². The third-order valence-electron chi connectivity index (χ3n) is 2.85. The van der Waals surface area contributed by atoms with Crippen molar-refractivity contribution in [2.45, 2.75) is 13.3 Å². The quantitative estimate of drug-likeness (QED) is 0.906. The maximum atomic E-state index is 11.4. The van der Waals surface area contributed by atoms with Crippen molar-refractivity contribution in [2.75, 3.05) is 5.32 Å². The Morgan fingerprint density at radius 1 is 1.21 bits per heavy atom. The van der Waals surface area contributed by atoms with E-state index in [4.69, 9.17) is 5.26 Å². The number of nitriles is 1. The normalized spacial score (nSPS) is 9.68. The highest BCUT2D eigenvalue weighted by Gasteiger charge is 2.05. The predicted octanol–water partition coefficient (Wildman–Crippen LogP) is 3.51. The van der Waals surface area contributed by atoms with E-state index >= 15 is 0 Å². The van der Waals surface area contributed by atoms with E-state index < -0.39 is 0 Å². The van der Waals surface area contributed by atoms with Crippen LogP contribution in [0.2, 0.25) is 0 Å². The molecule has 0 saturated heterocycles. The van der Waals surface area contributed by atoms with Gasteiger partial charge in [0.1, 0.15) is 6.42 Å². The summed E-state index contributed by atoms with van der Waals surface area (Å²) >= 11 is 0. The molecule has 0 heterocycles. The molecule has 94 valence electrons. The van der Waals surface area contributed by atoms with Crippen LogP contribution in [-0.2, 0) is 4.79 Å². The molecule has 0 aliphatic heterocycles. The molecule has 0 unspecified atom stereocenters. The number of hydrogen-bond acceptors (Lipinski definition) is 2. The first-order chi connectivity index (χ1) is 9.20. The van der Waals surface area contributed by atoms with Crippen LogP contribution in [0.4, 0.5) is 5.69 Å². The fourth-order valence-electron chi connectivity index (χ4n) is 1.91. The van der Waals surface area contributed by atoms with Crippen molar-refractivity contribution in [3.63, 3.8) is 0 Å². The van der Waals surface area contributed by atoms with Gasteiger partial charge in [-0.2, -0.15) is 5.26 Å². The van der Waals surface area contributed by atoms with E-state index in [1.54, 1.807) is 0 Å². The molecule has 0 radical (unpaired) electrons. The summed E-state index contributed by atoms with van der Waals surface area (Å²) < 4.78 is 0. The number of hydrogen-bond donors (Lipinski definition) is 1. The second kappa shape index (κ2) is 5.83. The molecule has 0 aromatic heterocycles. The summed E-state index contributed by atoms with van der Waals surface area (Å²) in [7, 11) is 0. The molecule has 0 aliphatic rings. The smallest absolute Gasteiger partial charge is 0.238 e. The van der Waals surface area contributed by atoms with Gasteiger partial charge in [-0.3, -0.25) is 4.79 Å². The average molecular weight is 250 g/mol. The summed E-state index contributed by atoms with van der Waals surface area (Å²) in [4.78, 5) is 11.4. The zero-order valence-electron chi connectivity index (χ0n) is 10.7. The van der Waals surface area contributed by atoms with E-state index in [2.05, 4.69) is 5.32 Å². The van der Waals surface area contributed by atoms with Crippen LogP contribution in [0.25, 0.3) is 11.1 Å². The Hall–Kier alpha value is -2.60. The molecule has 0 saturated carbocycles. The number of rotatable bonds is 3. The van der Waals surface area contributed by atoms with Gasteiger partial charge in [0, 0.05) is 5.69 Å². The van der Waals surface area contributed by atoms with Crippen LogP contribution in [0, 0.1) is 18.3 Å². The summed E-state index contributed by atoms with van der Waals surface area (Å²) in [5, 5.41) is 11.2. The molecule has 3 nitrogen and oxygen atoms in total. The minimum Gasteiger partial charge on any atom is -0.325 e. The second-order valence-corrected chi connectivity index (χ2v) is 4.28. The van der Waals surface area contributed by atoms with E-state index in [9.17, 15) is 4.79 Å². The molecule has 19 heavy (non-hydrogen) atoms. The molecule has 1 N–H and O–H groups in total. The molecule has 0 fully saturated rings. The van der Waals surface area contributed by atoms with Crippen LogP contribution in [0.3, 0.4) is 0 Å². The van der Waals surface area contributed by atoms with Gasteiger partial charge in [0.05, 0.1) is 6.07 Å². The molecular weight excluding hydrogens is 236 g/mol. The van der Waals surface area contributed by atoms with Gasteiger partial charge >= 0.3 is 0 Å². The Labute approximate surface area is 112 Å². The monoisotopic (exact) mass is 250 g/mol. The van der Waals surface area contributed by atoms with Crippen molar-refractivity contribution in [3.05, 3.63) is 54.1 Å². The Bertz CT molecular complexity index is 627. The Morgan fingerprint density at radius 3 is 2.63 bits per heavy atom. The number of amides is 1. The van der Waals surface area contributed by atoms with E-state index in [1.165, 1.54) is 0 Å². The summed E-state index contributed by atoms with van der Waals surface area (Å²) in [6.45, 7) is 2.03. The Balaban J connectivity index is 2.31. The summed E-state index contributed by atoms with van der Waals surface area (Å²) in [5.41, 5.74) is 4.04. The molecule has 0 bridgehead atoms. The molecule has 0 aliphatic carbocycles. The molecule has 1 amide bonds. The number of anilines is 1. The Morgan fingerprint density at radius 2 is 1.95 bits per heavy atom. The van der Waals surface area contributed by atoms with E-state index in [1.807, 2.05) is 61.5 Å². The van der Waals surface area contributed by atoms with Crippen molar-refractivity contribution in [2.24, 2.45) is 0 Å². The summed E-state index contributed by atoms with van der Waals surface area (Å²) in [6, 6.07) is 17.6. The third-order valence-corrected chi connectivity index (χ3v) is 2.85. The van der Waals surface area contributed by atoms with Gasteiger partial charge in [-0.25, -0.2) is 0 Å². The molecule has 2 rings (SSSR count). The number of nitrogens with zero attached hydrogens (tertiary/aromatic N) is 1. The van der Waals surface area contributed by atoms with Crippen molar-refractivity contribution < 1.29 is 4.79 Å². The fourth-order valence-corrected chi connectivity index (χ4v) is 1.91. The lowest BCUT2D eigenvalue weighted by Crippen LogP contribution is -2.10. The second-order valence-electron chi connectivity index (χ2n) is 4.28. The number of aryl methyl sites for hydroxylation is 1. The first kappa shape index (κ1) is 12.8. The maximum absolute atomic E-state index is 11.4. The minimum atomic E-state index is -0.287. The van der Waals surface area contributed by atoms with Gasteiger partial charge in [0.15, 0.2) is 0 Å². The number of nitrogens with one attached hydrogen (secondary N) is 1. The summed E-state index contributed by atoms with van der Waals surface area (Å²) in [5.74, 6) is -0.287. The summed E-state index contributed by atoms with van der Waals surface area (Å²) in [6.07, 6.45) is -0.130. The van der Waals surface area contributed by atoms with Crippen molar-refractivity contribution in [1.82, 2.24) is 0 Å². The number of benzene rings is 2. The molecular formula is C16H14N2O. The highest BCUT2D eigenvalue weighted by atomic mass is 16.1. The zero-order chi connectivity index (χ0) is 13.7. The largest absolute Gasteiger partial charge is 0.325 e. The lowest BCUT2D eigenvalue weighted by atomic mass is 10.00. The number of carbonyl (C=O) groups excluding carboxylic acids is 1. The van der Waals surface area contributed by atoms with Crippen LogP contribution < -0.4 is 5.32 Å². The van der Waals surface area contributed by atoms with Gasteiger partial charge < -0.3 is 5.32 Å². The highest BCUT2D eigenvalue weighted by Crippen LogP contribution is 2.26. The standard InChI is InChI=1S/C16H14N2O/c1-12-7-8-14(18-16(19)9-10-17)11-15(12)13-5-3-2-4-6-13/h2-8,11H,9H2,1H3,(H,18,19). The Kier molecular flexibility index (Phi) is 3.94. The predicted molar refractivity (Wildman–Crippen MR) is 75.5 cm³/mol. The minimum absolute atomic E-state index is 0.130. The lowest BCUT2D eigenvalue weighted by Gasteiger charge is -2.09. The van der Waals surface area contributed by atoms with Crippen molar-refractivity contribution in [1.29, 1.82) is 5.26 Å². The third kappa shape index (κ3) is 3.20. The average Bonchev–Trinajstić information content (AvgIpc) is 2.42. The van der Waals surface area contributed by atoms with Crippen LogP contribution >= 0.6 is 0 Å².